The molecule has 2 aromatic rings. The maximum atomic E-state index is 14.3. The Hall–Kier alpha value is -4.64. The van der Waals surface area contributed by atoms with E-state index in [1.807, 2.05) is 0 Å². The molecule has 282 valence electrons. The molecule has 17 heteroatoms. The number of alkyl carbamates (subject to hydrolysis) is 1. The molecule has 0 saturated carbocycles. The van der Waals surface area contributed by atoms with E-state index in [0.717, 1.165) is 26.3 Å². The summed E-state index contributed by atoms with van der Waals surface area (Å²) in [6.45, 7) is 19.3. The molecule has 0 spiro atoms. The van der Waals surface area contributed by atoms with E-state index in [4.69, 9.17) is 19.2 Å². The van der Waals surface area contributed by atoms with Gasteiger partial charge in [0.25, 0.3) is 0 Å². The molecule has 3 amide bonds. The number of methoxy groups -OCH3 is 2. The number of anilines is 2. The van der Waals surface area contributed by atoms with E-state index in [0.29, 0.717) is 6.61 Å². The fourth-order valence-corrected chi connectivity index (χ4v) is 5.44. The zero-order valence-corrected chi connectivity index (χ0v) is 31.3. The summed E-state index contributed by atoms with van der Waals surface area (Å²) in [6, 6.07) is 1.94. The van der Waals surface area contributed by atoms with Gasteiger partial charge >= 0.3 is 30.2 Å². The van der Waals surface area contributed by atoms with Gasteiger partial charge in [0.05, 0.1) is 31.6 Å². The molecule has 0 saturated heterocycles. The van der Waals surface area contributed by atoms with Crippen molar-refractivity contribution in [1.29, 1.82) is 0 Å². The number of halogens is 3. The van der Waals surface area contributed by atoms with Crippen LogP contribution < -0.4 is 15.5 Å². The fourth-order valence-electron chi connectivity index (χ4n) is 4.68. The largest absolute Gasteiger partial charge is 0.471 e. The van der Waals surface area contributed by atoms with Crippen molar-refractivity contribution in [3.63, 3.8) is 0 Å². The summed E-state index contributed by atoms with van der Waals surface area (Å²) in [6.07, 6.45) is -3.20. The Morgan fingerprint density at radius 3 is 2.20 bits per heavy atom. The number of carbonyl (C=O) groups is 4. The van der Waals surface area contributed by atoms with Gasteiger partial charge < -0.3 is 28.8 Å². The van der Waals surface area contributed by atoms with Gasteiger partial charge in [-0.25, -0.2) is 19.4 Å². The lowest BCUT2D eigenvalue weighted by atomic mass is 10.0. The van der Waals surface area contributed by atoms with Crippen molar-refractivity contribution in [3.05, 3.63) is 55.5 Å². The Labute approximate surface area is 297 Å². The van der Waals surface area contributed by atoms with Crippen molar-refractivity contribution in [2.24, 2.45) is 0 Å². The van der Waals surface area contributed by atoms with E-state index in [1.54, 1.807) is 31.4 Å². The second-order valence-electron chi connectivity index (χ2n) is 13.6. The number of hydrogen-bond acceptors (Lipinski definition) is 9. The van der Waals surface area contributed by atoms with E-state index in [9.17, 15) is 32.3 Å². The van der Waals surface area contributed by atoms with Crippen LogP contribution in [0.1, 0.15) is 45.5 Å². The van der Waals surface area contributed by atoms with Crippen LogP contribution in [0, 0.1) is 0 Å². The predicted molar refractivity (Wildman–Crippen MR) is 189 cm³/mol. The van der Waals surface area contributed by atoms with Gasteiger partial charge in [-0.15, -0.1) is 13.2 Å². The first-order valence-corrected chi connectivity index (χ1v) is 19.7. The van der Waals surface area contributed by atoms with Crippen LogP contribution in [0.25, 0.3) is 11.3 Å². The summed E-state index contributed by atoms with van der Waals surface area (Å²) in [5.41, 5.74) is -1.33. The van der Waals surface area contributed by atoms with Gasteiger partial charge in [-0.1, -0.05) is 31.8 Å². The first-order chi connectivity index (χ1) is 23.6. The summed E-state index contributed by atoms with van der Waals surface area (Å²) < 4.78 is 65.2. The molecule has 0 bridgehead atoms. The van der Waals surface area contributed by atoms with Crippen LogP contribution in [0.5, 0.6) is 0 Å². The Morgan fingerprint density at radius 1 is 1.02 bits per heavy atom. The maximum absolute atomic E-state index is 14.3. The number of carbonyl (C=O) groups excluding carboxylic acids is 4. The van der Waals surface area contributed by atoms with Crippen molar-refractivity contribution >= 4 is 43.5 Å². The van der Waals surface area contributed by atoms with Crippen LogP contribution in [0.2, 0.25) is 25.7 Å². The molecule has 0 aliphatic carbocycles. The Bertz CT molecular complexity index is 1570. The minimum atomic E-state index is -5.45. The second-order valence-corrected chi connectivity index (χ2v) is 19.2. The third-order valence-electron chi connectivity index (χ3n) is 7.04. The predicted octanol–water partition coefficient (Wildman–Crippen LogP) is 7.20. The molecule has 0 aliphatic heterocycles. The number of hydrogen-bond donors (Lipinski definition) is 2. The summed E-state index contributed by atoms with van der Waals surface area (Å²) in [5, 5.41) is 5.13. The highest BCUT2D eigenvalue weighted by molar-refractivity contribution is 6.76. The molecule has 0 fully saturated rings. The van der Waals surface area contributed by atoms with Gasteiger partial charge in [-0.3, -0.25) is 15.0 Å². The highest BCUT2D eigenvalue weighted by atomic mass is 28.3. The molecule has 1 aromatic carbocycles. The number of aromatic nitrogens is 2. The molecule has 2 atom stereocenters. The molecular weight excluding hydrogens is 691 g/mol. The van der Waals surface area contributed by atoms with Gasteiger partial charge in [0.15, 0.2) is 0 Å². The normalized spacial score (nSPS) is 13.0. The molecule has 1 heterocycles. The molecule has 13 nitrogen and oxygen atoms in total. The zero-order valence-electron chi connectivity index (χ0n) is 30.3. The van der Waals surface area contributed by atoms with E-state index in [1.165, 1.54) is 24.4 Å². The van der Waals surface area contributed by atoms with Crippen molar-refractivity contribution in [2.75, 3.05) is 31.0 Å². The first kappa shape index (κ1) is 42.5. The van der Waals surface area contributed by atoms with E-state index < -0.39 is 68.1 Å². The molecule has 2 rings (SSSR count). The number of esters is 1. The van der Waals surface area contributed by atoms with Gasteiger partial charge in [-0.2, -0.15) is 13.2 Å². The van der Waals surface area contributed by atoms with Crippen LogP contribution in [0.15, 0.2) is 49.7 Å². The third kappa shape index (κ3) is 12.9. The van der Waals surface area contributed by atoms with Crippen LogP contribution in [-0.4, -0.2) is 80.3 Å². The minimum absolute atomic E-state index is 0.0423. The van der Waals surface area contributed by atoms with Crippen LogP contribution in [-0.2, 0) is 35.3 Å². The number of ether oxygens (including phenoxy) is 4. The van der Waals surface area contributed by atoms with Crippen LogP contribution >= 0.6 is 0 Å². The smallest absolute Gasteiger partial charge is 0.467 e. The molecule has 0 aliphatic rings. The quantitative estimate of drug-likeness (QED) is 0.0599. The van der Waals surface area contributed by atoms with E-state index in [-0.39, 0.29) is 40.8 Å². The maximum Gasteiger partial charge on any atom is 0.471 e. The lowest BCUT2D eigenvalue weighted by molar-refractivity contribution is -0.172. The molecule has 0 radical (unpaired) electrons. The Morgan fingerprint density at radius 2 is 1.67 bits per heavy atom. The van der Waals surface area contributed by atoms with Crippen molar-refractivity contribution in [2.45, 2.75) is 89.9 Å². The number of alkyl halides is 3. The lowest BCUT2D eigenvalue weighted by Gasteiger charge is -2.31. The Balaban J connectivity index is 2.93. The molecular formula is C34H48F3N5O8Si. The average molecular weight is 740 g/mol. The minimum Gasteiger partial charge on any atom is -0.467 e. The number of imidazole rings is 1. The molecule has 1 aromatic heterocycles. The standard InChI is InChI=1S/C34H48F3N5O8Si/c1-11-13-24(40-32(46)50-33(3,4)5)28-39-25(20-41(28)21-49-17-18-51(8,9)10)23-16-15-22(38-31(45)48-7)19-27(23)42(30(44)34(35,36)37)26(14-12-2)29(43)47-6/h11-12,15-16,19-20,24,26H,1-2,13-14,17-18,21H2,3-10H3,(H,38,45)(H,40,46). The second kappa shape index (κ2) is 18.0. The van der Waals surface area contributed by atoms with Gasteiger partial charge in [0.2, 0.25) is 0 Å². The summed E-state index contributed by atoms with van der Waals surface area (Å²) >= 11 is 0. The molecule has 2 N–H and O–H groups in total. The van der Waals surface area contributed by atoms with Crippen LogP contribution in [0.4, 0.5) is 34.1 Å². The highest BCUT2D eigenvalue weighted by Gasteiger charge is 2.48. The Kier molecular flexibility index (Phi) is 15.0. The van der Waals surface area contributed by atoms with Crippen molar-refractivity contribution in [3.8, 4) is 11.3 Å². The van der Waals surface area contributed by atoms with Crippen molar-refractivity contribution < 1.29 is 51.3 Å². The first-order valence-electron chi connectivity index (χ1n) is 16.0. The summed E-state index contributed by atoms with van der Waals surface area (Å²) in [7, 11) is 0.578. The topological polar surface area (TPSA) is 150 Å². The molecule has 51 heavy (non-hydrogen) atoms. The summed E-state index contributed by atoms with van der Waals surface area (Å²) in [5.74, 6) is -3.31. The number of rotatable bonds is 16. The lowest BCUT2D eigenvalue weighted by Crippen LogP contribution is -2.51. The SMILES string of the molecule is C=CCC(NC(=O)OC(C)(C)C)c1nc(-c2ccc(NC(=O)OC)cc2N(C(=O)C(F)(F)F)C(CC=C)C(=O)OC)cn1COCC[Si](C)(C)C. The number of amides is 3. The van der Waals surface area contributed by atoms with Crippen LogP contribution in [0.3, 0.4) is 0 Å². The van der Waals surface area contributed by atoms with E-state index >= 15 is 0 Å². The number of benzene rings is 1. The third-order valence-corrected chi connectivity index (χ3v) is 8.74. The average Bonchev–Trinajstić information content (AvgIpc) is 3.44. The highest BCUT2D eigenvalue weighted by Crippen LogP contribution is 2.38. The summed E-state index contributed by atoms with van der Waals surface area (Å²) in [4.78, 5) is 56.0. The van der Waals surface area contributed by atoms with Gasteiger partial charge in [0, 0.05) is 32.1 Å². The number of nitrogens with zero attached hydrogens (tertiary/aromatic N) is 3. The van der Waals surface area contributed by atoms with Gasteiger partial charge in [0.1, 0.15) is 24.2 Å². The fraction of sp³-hybridized carbons (Fsp3) is 0.500. The van der Waals surface area contributed by atoms with E-state index in [2.05, 4.69) is 48.2 Å². The monoisotopic (exact) mass is 739 g/mol. The van der Waals surface area contributed by atoms with Gasteiger partial charge in [-0.05, 0) is 57.9 Å². The molecule has 2 unspecified atom stereocenters. The van der Waals surface area contributed by atoms with Crippen molar-refractivity contribution in [1.82, 2.24) is 14.9 Å². The number of nitrogens with one attached hydrogen (secondary N) is 2. The zero-order chi connectivity index (χ0) is 38.7.